The molecule has 0 spiro atoms. The molecule has 0 radical (unpaired) electrons. The number of anilines is 1. The molecule has 2 atom stereocenters. The number of benzene rings is 2. The second kappa shape index (κ2) is 9.37. The predicted molar refractivity (Wildman–Crippen MR) is 108 cm³/mol. The standard InChI is InChI=1S/C22H26N2O4/c1-15-9-11-17(12-10-15)28-16(2)21(25)24-20-8-4-3-7-19(20)22(26)23-14-18-6-5-13-27-18/h3-4,7-12,16,18H,5-6,13-14H2,1-2H3,(H,23,26)(H,24,25)/t16-,18+/m1/s1. The van der Waals surface area contributed by atoms with Crippen molar-refractivity contribution in [2.75, 3.05) is 18.5 Å². The molecule has 1 saturated heterocycles. The molecule has 0 unspecified atom stereocenters. The third kappa shape index (κ3) is 5.33. The van der Waals surface area contributed by atoms with Crippen molar-refractivity contribution in [2.45, 2.75) is 38.9 Å². The third-order valence-electron chi connectivity index (χ3n) is 4.65. The van der Waals surface area contributed by atoms with Crippen molar-refractivity contribution in [1.82, 2.24) is 5.32 Å². The van der Waals surface area contributed by atoms with Gasteiger partial charge in [0.05, 0.1) is 17.4 Å². The second-order valence-corrected chi connectivity index (χ2v) is 6.95. The Balaban J connectivity index is 1.60. The Morgan fingerprint density at radius 1 is 1.18 bits per heavy atom. The maximum Gasteiger partial charge on any atom is 0.265 e. The zero-order valence-corrected chi connectivity index (χ0v) is 16.2. The van der Waals surface area contributed by atoms with E-state index in [1.54, 1.807) is 31.2 Å². The van der Waals surface area contributed by atoms with E-state index in [0.29, 0.717) is 23.5 Å². The summed E-state index contributed by atoms with van der Waals surface area (Å²) < 4.78 is 11.2. The number of amides is 2. The zero-order chi connectivity index (χ0) is 19.9. The first-order valence-electron chi connectivity index (χ1n) is 9.56. The van der Waals surface area contributed by atoms with Crippen LogP contribution >= 0.6 is 0 Å². The van der Waals surface area contributed by atoms with Crippen LogP contribution in [0, 0.1) is 6.92 Å². The SMILES string of the molecule is Cc1ccc(O[C@H](C)C(=O)Nc2ccccc2C(=O)NC[C@@H]2CCCO2)cc1. The van der Waals surface area contributed by atoms with Crippen LogP contribution in [0.4, 0.5) is 5.69 Å². The van der Waals surface area contributed by atoms with Gasteiger partial charge >= 0.3 is 0 Å². The van der Waals surface area contributed by atoms with E-state index in [-0.39, 0.29) is 17.9 Å². The maximum absolute atomic E-state index is 12.5. The fourth-order valence-corrected chi connectivity index (χ4v) is 3.01. The van der Waals surface area contributed by atoms with Crippen molar-refractivity contribution < 1.29 is 19.1 Å². The van der Waals surface area contributed by atoms with Crippen molar-refractivity contribution in [1.29, 1.82) is 0 Å². The minimum absolute atomic E-state index is 0.0636. The van der Waals surface area contributed by atoms with Crippen LogP contribution < -0.4 is 15.4 Å². The van der Waals surface area contributed by atoms with Crippen LogP contribution in [0.1, 0.15) is 35.7 Å². The third-order valence-corrected chi connectivity index (χ3v) is 4.65. The van der Waals surface area contributed by atoms with Gasteiger partial charge in [-0.3, -0.25) is 9.59 Å². The maximum atomic E-state index is 12.5. The minimum Gasteiger partial charge on any atom is -0.481 e. The van der Waals surface area contributed by atoms with Gasteiger partial charge in [0.25, 0.3) is 11.8 Å². The average molecular weight is 382 g/mol. The first-order valence-corrected chi connectivity index (χ1v) is 9.56. The first-order chi connectivity index (χ1) is 13.5. The summed E-state index contributed by atoms with van der Waals surface area (Å²) in [5, 5.41) is 5.68. The van der Waals surface area contributed by atoms with Crippen LogP contribution in [0.25, 0.3) is 0 Å². The zero-order valence-electron chi connectivity index (χ0n) is 16.2. The van der Waals surface area contributed by atoms with Gasteiger partial charge in [0, 0.05) is 13.2 Å². The van der Waals surface area contributed by atoms with Crippen molar-refractivity contribution in [3.05, 3.63) is 59.7 Å². The number of para-hydroxylation sites is 1. The number of carbonyl (C=O) groups excluding carboxylic acids is 2. The molecule has 148 valence electrons. The molecule has 0 aliphatic carbocycles. The van der Waals surface area contributed by atoms with Gasteiger partial charge in [-0.05, 0) is 51.0 Å². The van der Waals surface area contributed by atoms with Crippen molar-refractivity contribution in [3.63, 3.8) is 0 Å². The summed E-state index contributed by atoms with van der Waals surface area (Å²) in [6, 6.07) is 14.4. The number of aryl methyl sites for hydroxylation is 1. The van der Waals surface area contributed by atoms with Gasteiger partial charge in [0.1, 0.15) is 5.75 Å². The molecule has 6 nitrogen and oxygen atoms in total. The topological polar surface area (TPSA) is 76.7 Å². The molecule has 28 heavy (non-hydrogen) atoms. The first kappa shape index (κ1) is 19.9. The summed E-state index contributed by atoms with van der Waals surface area (Å²) >= 11 is 0. The van der Waals surface area contributed by atoms with Crippen LogP contribution in [0.5, 0.6) is 5.75 Å². The molecule has 1 fully saturated rings. The van der Waals surface area contributed by atoms with Gasteiger partial charge < -0.3 is 20.1 Å². The van der Waals surface area contributed by atoms with Gasteiger partial charge in [0.2, 0.25) is 0 Å². The summed E-state index contributed by atoms with van der Waals surface area (Å²) in [6.45, 7) is 4.87. The highest BCUT2D eigenvalue weighted by atomic mass is 16.5. The molecule has 2 aromatic rings. The highest BCUT2D eigenvalue weighted by Crippen LogP contribution is 2.18. The van der Waals surface area contributed by atoms with E-state index in [0.717, 1.165) is 25.0 Å². The van der Waals surface area contributed by atoms with Gasteiger partial charge in [-0.2, -0.15) is 0 Å². The second-order valence-electron chi connectivity index (χ2n) is 6.95. The lowest BCUT2D eigenvalue weighted by Gasteiger charge is -2.17. The lowest BCUT2D eigenvalue weighted by atomic mass is 10.1. The number of ether oxygens (including phenoxy) is 2. The lowest BCUT2D eigenvalue weighted by Crippen LogP contribution is -2.34. The lowest BCUT2D eigenvalue weighted by molar-refractivity contribution is -0.122. The summed E-state index contributed by atoms with van der Waals surface area (Å²) in [4.78, 5) is 25.1. The summed E-state index contributed by atoms with van der Waals surface area (Å²) in [6.07, 6.45) is 1.33. The molecular weight excluding hydrogens is 356 g/mol. The van der Waals surface area contributed by atoms with E-state index in [1.165, 1.54) is 0 Å². The molecule has 1 aliphatic heterocycles. The Bertz CT molecular complexity index is 814. The largest absolute Gasteiger partial charge is 0.481 e. The molecule has 2 N–H and O–H groups in total. The monoisotopic (exact) mass is 382 g/mol. The van der Waals surface area contributed by atoms with Crippen LogP contribution in [0.15, 0.2) is 48.5 Å². The Hall–Kier alpha value is -2.86. The molecule has 0 saturated carbocycles. The Labute approximate surface area is 165 Å². The Kier molecular flexibility index (Phi) is 6.66. The molecular formula is C22H26N2O4. The van der Waals surface area contributed by atoms with Crippen molar-refractivity contribution >= 4 is 17.5 Å². The molecule has 0 bridgehead atoms. The Morgan fingerprint density at radius 3 is 2.64 bits per heavy atom. The van der Waals surface area contributed by atoms with E-state index >= 15 is 0 Å². The van der Waals surface area contributed by atoms with E-state index in [2.05, 4.69) is 10.6 Å². The summed E-state index contributed by atoms with van der Waals surface area (Å²) in [5.74, 6) is 0.0642. The molecule has 2 aromatic carbocycles. The summed E-state index contributed by atoms with van der Waals surface area (Å²) in [7, 11) is 0. The average Bonchev–Trinajstić information content (AvgIpc) is 3.22. The van der Waals surface area contributed by atoms with E-state index in [9.17, 15) is 9.59 Å². The van der Waals surface area contributed by atoms with E-state index in [1.807, 2.05) is 31.2 Å². The fourth-order valence-electron chi connectivity index (χ4n) is 3.01. The summed E-state index contributed by atoms with van der Waals surface area (Å²) in [5.41, 5.74) is 1.99. The van der Waals surface area contributed by atoms with Crippen molar-refractivity contribution in [3.8, 4) is 5.75 Å². The highest BCUT2D eigenvalue weighted by Gasteiger charge is 2.20. The molecule has 2 amide bonds. The van der Waals surface area contributed by atoms with Gasteiger partial charge in [-0.15, -0.1) is 0 Å². The van der Waals surface area contributed by atoms with E-state index < -0.39 is 6.10 Å². The predicted octanol–water partition coefficient (Wildman–Crippen LogP) is 3.31. The quantitative estimate of drug-likeness (QED) is 0.770. The molecule has 1 heterocycles. The van der Waals surface area contributed by atoms with Crippen LogP contribution in [-0.2, 0) is 9.53 Å². The smallest absolute Gasteiger partial charge is 0.265 e. The van der Waals surface area contributed by atoms with Crippen LogP contribution in [0.2, 0.25) is 0 Å². The number of carbonyl (C=O) groups is 2. The van der Waals surface area contributed by atoms with Crippen LogP contribution in [0.3, 0.4) is 0 Å². The van der Waals surface area contributed by atoms with Gasteiger partial charge in [0.15, 0.2) is 6.10 Å². The number of rotatable bonds is 7. The van der Waals surface area contributed by atoms with E-state index in [4.69, 9.17) is 9.47 Å². The molecule has 6 heteroatoms. The normalized spacial score (nSPS) is 17.0. The molecule has 1 aliphatic rings. The fraction of sp³-hybridized carbons (Fsp3) is 0.364. The minimum atomic E-state index is -0.703. The number of hydrogen-bond donors (Lipinski definition) is 2. The molecule has 3 rings (SSSR count). The van der Waals surface area contributed by atoms with Gasteiger partial charge in [-0.25, -0.2) is 0 Å². The molecule has 0 aromatic heterocycles. The van der Waals surface area contributed by atoms with Gasteiger partial charge in [-0.1, -0.05) is 29.8 Å². The highest BCUT2D eigenvalue weighted by molar-refractivity contribution is 6.04. The Morgan fingerprint density at radius 2 is 1.93 bits per heavy atom. The number of hydrogen-bond acceptors (Lipinski definition) is 4. The van der Waals surface area contributed by atoms with Crippen molar-refractivity contribution in [2.24, 2.45) is 0 Å². The van der Waals surface area contributed by atoms with Crippen LogP contribution in [-0.4, -0.2) is 37.2 Å². The number of nitrogens with one attached hydrogen (secondary N) is 2.